The Labute approximate surface area is 193 Å². The molecule has 0 radical (unpaired) electrons. The fourth-order valence-corrected chi connectivity index (χ4v) is 12.0. The molecule has 158 valence electrons. The molecule has 4 aromatic rings. The van der Waals surface area contributed by atoms with Crippen molar-refractivity contribution in [1.82, 2.24) is 0 Å². The van der Waals surface area contributed by atoms with Crippen LogP contribution in [0.25, 0.3) is 0 Å². The Kier molecular flexibility index (Phi) is 6.90. The van der Waals surface area contributed by atoms with Crippen molar-refractivity contribution < 1.29 is 4.74 Å². The van der Waals surface area contributed by atoms with Gasteiger partial charge in [0.1, 0.15) is 0 Å². The third-order valence-electron chi connectivity index (χ3n) is 5.87. The number of halogens is 1. The fourth-order valence-electron chi connectivity index (χ4n) is 4.27. The molecule has 0 N–H and O–H groups in total. The molecule has 0 aliphatic carbocycles. The second-order valence-corrected chi connectivity index (χ2v) is 16.8. The Hall–Kier alpha value is -2.41. The molecular formula is C28H28BrOP. The number of benzene rings is 4. The molecule has 0 heterocycles. The molecule has 0 atom stereocenters. The van der Waals surface area contributed by atoms with E-state index in [1.807, 2.05) is 30.3 Å². The van der Waals surface area contributed by atoms with Gasteiger partial charge in [-0.2, -0.15) is 0 Å². The molecule has 0 amide bonds. The number of rotatable bonds is 9. The summed E-state index contributed by atoms with van der Waals surface area (Å²) in [5.41, 5.74) is 0. The third-order valence-corrected chi connectivity index (χ3v) is 15.9. The maximum absolute atomic E-state index is 5.97. The van der Waals surface area contributed by atoms with Gasteiger partial charge in [0, 0.05) is 0 Å². The van der Waals surface area contributed by atoms with Crippen LogP contribution in [-0.4, -0.2) is 12.8 Å². The molecule has 0 aromatic heterocycles. The Bertz CT molecular complexity index is 970. The van der Waals surface area contributed by atoms with Crippen LogP contribution in [0.2, 0.25) is 0 Å². The molecule has 3 heteroatoms. The summed E-state index contributed by atoms with van der Waals surface area (Å²) < 4.78 is 5.97. The predicted octanol–water partition coefficient (Wildman–Crippen LogP) is 6.69. The van der Waals surface area contributed by atoms with E-state index >= 15 is 0 Å². The molecule has 31 heavy (non-hydrogen) atoms. The van der Waals surface area contributed by atoms with E-state index in [0.717, 1.165) is 31.4 Å². The van der Waals surface area contributed by atoms with Crippen molar-refractivity contribution in [1.29, 1.82) is 0 Å². The quantitative estimate of drug-likeness (QED) is 0.187. The molecular weight excluding hydrogens is 463 g/mol. The Morgan fingerprint density at radius 2 is 0.903 bits per heavy atom. The predicted molar refractivity (Wildman–Crippen MR) is 140 cm³/mol. The van der Waals surface area contributed by atoms with Crippen molar-refractivity contribution in [2.45, 2.75) is 12.8 Å². The van der Waals surface area contributed by atoms with Gasteiger partial charge in [-0.05, 0) is 0 Å². The van der Waals surface area contributed by atoms with E-state index in [-0.39, 0.29) is 0 Å². The second kappa shape index (κ2) is 9.81. The maximum atomic E-state index is 5.97. The van der Waals surface area contributed by atoms with Crippen LogP contribution in [0.3, 0.4) is 0 Å². The summed E-state index contributed by atoms with van der Waals surface area (Å²) in [6.07, 6.45) is 3.11. The van der Waals surface area contributed by atoms with Crippen molar-refractivity contribution in [3.8, 4) is 5.75 Å². The first-order valence-corrected chi connectivity index (χ1v) is 15.2. The summed E-state index contributed by atoms with van der Waals surface area (Å²) >= 11 is 4.50. The van der Waals surface area contributed by atoms with Crippen molar-refractivity contribution in [2.75, 3.05) is 12.8 Å². The van der Waals surface area contributed by atoms with Crippen LogP contribution >= 0.6 is 20.8 Å². The van der Waals surface area contributed by atoms with E-state index in [1.54, 1.807) is 0 Å². The molecule has 0 aliphatic rings. The van der Waals surface area contributed by atoms with E-state index in [4.69, 9.17) is 4.74 Å². The van der Waals surface area contributed by atoms with Crippen molar-refractivity contribution >= 4 is 36.7 Å². The van der Waals surface area contributed by atoms with Crippen molar-refractivity contribution in [2.24, 2.45) is 0 Å². The minimum absolute atomic E-state index is 0.724. The average molecular weight is 491 g/mol. The number of unbranched alkanes of at least 4 members (excludes halogenated alkanes) is 1. The molecule has 0 saturated carbocycles. The minimum atomic E-state index is -2.81. The van der Waals surface area contributed by atoms with Crippen molar-refractivity contribution in [3.63, 3.8) is 0 Å². The molecule has 0 fully saturated rings. The summed E-state index contributed by atoms with van der Waals surface area (Å²) in [5.74, 6) is 0.938. The topological polar surface area (TPSA) is 9.23 Å². The standard InChI is InChI=1S/C28H28BrOP/c29-31(26-17-7-2-8-18-26,27-19-9-3-10-20-27,28-21-11-4-12-22-28)24-14-13-23-30-25-15-5-1-6-16-25/h1-12,15-22H,13-14,23-24H2. The van der Waals surface area contributed by atoms with Gasteiger partial charge in [-0.25, -0.2) is 0 Å². The Morgan fingerprint density at radius 3 is 1.32 bits per heavy atom. The van der Waals surface area contributed by atoms with Crippen LogP contribution in [0.1, 0.15) is 12.8 Å². The van der Waals surface area contributed by atoms with Crippen LogP contribution in [-0.2, 0) is 0 Å². The monoisotopic (exact) mass is 490 g/mol. The van der Waals surface area contributed by atoms with Gasteiger partial charge < -0.3 is 0 Å². The number of para-hydroxylation sites is 1. The van der Waals surface area contributed by atoms with Gasteiger partial charge in [0.25, 0.3) is 0 Å². The molecule has 0 spiro atoms. The van der Waals surface area contributed by atoms with Gasteiger partial charge in [-0.1, -0.05) is 0 Å². The summed E-state index contributed by atoms with van der Waals surface area (Å²) in [5, 5.41) is 1.30. The normalized spacial score (nSPS) is 12.6. The van der Waals surface area contributed by atoms with Gasteiger partial charge in [0.15, 0.2) is 0 Å². The zero-order valence-electron chi connectivity index (χ0n) is 17.6. The summed E-state index contributed by atoms with van der Waals surface area (Å²) in [4.78, 5) is 0. The summed E-state index contributed by atoms with van der Waals surface area (Å²) in [7, 11) is 0. The van der Waals surface area contributed by atoms with Crippen LogP contribution < -0.4 is 20.7 Å². The Morgan fingerprint density at radius 1 is 0.516 bits per heavy atom. The number of hydrogen-bond acceptors (Lipinski definition) is 1. The van der Waals surface area contributed by atoms with Gasteiger partial charge in [-0.3, -0.25) is 0 Å². The molecule has 4 rings (SSSR count). The van der Waals surface area contributed by atoms with Crippen molar-refractivity contribution in [3.05, 3.63) is 121 Å². The van der Waals surface area contributed by atoms with Crippen LogP contribution in [0.5, 0.6) is 5.75 Å². The first-order chi connectivity index (χ1) is 15.2. The van der Waals surface area contributed by atoms with E-state index in [0.29, 0.717) is 0 Å². The van der Waals surface area contributed by atoms with Gasteiger partial charge in [0.05, 0.1) is 0 Å². The van der Waals surface area contributed by atoms with Gasteiger partial charge in [0.2, 0.25) is 0 Å². The van der Waals surface area contributed by atoms with Gasteiger partial charge >= 0.3 is 194 Å². The van der Waals surface area contributed by atoms with Crippen LogP contribution in [0.4, 0.5) is 0 Å². The molecule has 1 nitrogen and oxygen atoms in total. The Balaban J connectivity index is 1.69. The second-order valence-electron chi connectivity index (χ2n) is 7.78. The third kappa shape index (κ3) is 4.47. The molecule has 0 unspecified atom stereocenters. The SMILES string of the molecule is BrP(CCCCOc1ccccc1)(c1ccccc1)(c1ccccc1)c1ccccc1. The zero-order valence-corrected chi connectivity index (χ0v) is 20.1. The molecule has 0 saturated heterocycles. The summed E-state index contributed by atoms with van der Waals surface area (Å²) in [6.45, 7) is 0.724. The van der Waals surface area contributed by atoms with Crippen LogP contribution in [0.15, 0.2) is 121 Å². The number of hydrogen-bond donors (Lipinski definition) is 0. The van der Waals surface area contributed by atoms with E-state index in [1.165, 1.54) is 15.9 Å². The zero-order chi connectivity index (χ0) is 21.4. The fraction of sp³-hybridized carbons (Fsp3) is 0.143. The number of ether oxygens (including phenoxy) is 1. The van der Waals surface area contributed by atoms with E-state index < -0.39 is 5.31 Å². The molecule has 0 bridgehead atoms. The molecule has 4 aromatic carbocycles. The first-order valence-electron chi connectivity index (χ1n) is 10.8. The van der Waals surface area contributed by atoms with Crippen LogP contribution in [0, 0.1) is 0 Å². The van der Waals surface area contributed by atoms with Gasteiger partial charge in [-0.15, -0.1) is 0 Å². The van der Waals surface area contributed by atoms with E-state index in [9.17, 15) is 0 Å². The first kappa shape index (κ1) is 21.8. The van der Waals surface area contributed by atoms with E-state index in [2.05, 4.69) is 106 Å². The average Bonchev–Trinajstić information content (AvgIpc) is 2.86. The summed E-state index contributed by atoms with van der Waals surface area (Å²) in [6, 6.07) is 43.0. The molecule has 0 aliphatic heterocycles.